The first-order valence-electron chi connectivity index (χ1n) is 6.88. The number of nitrogens with zero attached hydrogens (tertiary/aromatic N) is 1. The lowest BCUT2D eigenvalue weighted by Crippen LogP contribution is -2.48. The second-order valence-corrected chi connectivity index (χ2v) is 6.83. The zero-order valence-corrected chi connectivity index (χ0v) is 12.4. The predicted molar refractivity (Wildman–Crippen MR) is 72.9 cm³/mol. The van der Waals surface area contributed by atoms with Crippen LogP contribution >= 0.6 is 0 Å². The summed E-state index contributed by atoms with van der Waals surface area (Å²) >= 11 is 0. The number of hydrogen-bond acceptors (Lipinski definition) is 3. The van der Waals surface area contributed by atoms with Gasteiger partial charge in [0.1, 0.15) is 0 Å². The predicted octanol–water partition coefficient (Wildman–Crippen LogP) is 1.05. The molecule has 1 rings (SSSR count). The van der Waals surface area contributed by atoms with Gasteiger partial charge in [-0.1, -0.05) is 26.7 Å². The van der Waals surface area contributed by atoms with Crippen LogP contribution in [0.1, 0.15) is 39.5 Å². The van der Waals surface area contributed by atoms with Crippen LogP contribution < -0.4 is 4.72 Å². The van der Waals surface area contributed by atoms with Gasteiger partial charge in [-0.2, -0.15) is 12.7 Å². The summed E-state index contributed by atoms with van der Waals surface area (Å²) in [7, 11) is -3.55. The molecule has 0 aliphatic carbocycles. The number of carbonyl (C=O) groups is 1. The van der Waals surface area contributed by atoms with Gasteiger partial charge in [0, 0.05) is 19.6 Å². The van der Waals surface area contributed by atoms with E-state index < -0.39 is 22.1 Å². The number of carboxylic acids is 1. The van der Waals surface area contributed by atoms with Crippen LogP contribution in [0, 0.1) is 11.8 Å². The Labute approximate surface area is 115 Å². The first-order chi connectivity index (χ1) is 8.90. The zero-order valence-electron chi connectivity index (χ0n) is 11.6. The minimum atomic E-state index is -3.55. The van der Waals surface area contributed by atoms with E-state index in [1.54, 1.807) is 0 Å². The van der Waals surface area contributed by atoms with Gasteiger partial charge in [-0.05, 0) is 18.8 Å². The topological polar surface area (TPSA) is 86.7 Å². The van der Waals surface area contributed by atoms with Crippen molar-refractivity contribution in [1.82, 2.24) is 9.03 Å². The van der Waals surface area contributed by atoms with E-state index in [-0.39, 0.29) is 6.54 Å². The normalized spacial score (nSPS) is 21.7. The average Bonchev–Trinajstić information content (AvgIpc) is 2.40. The van der Waals surface area contributed by atoms with E-state index in [0.717, 1.165) is 12.8 Å². The number of aliphatic carboxylic acids is 1. The number of carboxylic acid groups (broad SMARTS) is 1. The minimum Gasteiger partial charge on any atom is -0.481 e. The lowest BCUT2D eigenvalue weighted by Gasteiger charge is -2.30. The highest BCUT2D eigenvalue weighted by molar-refractivity contribution is 7.87. The molecule has 2 N–H and O–H groups in total. The van der Waals surface area contributed by atoms with Crippen molar-refractivity contribution in [3.05, 3.63) is 0 Å². The molecule has 1 heterocycles. The van der Waals surface area contributed by atoms with Gasteiger partial charge in [0.15, 0.2) is 0 Å². The molecule has 1 saturated heterocycles. The van der Waals surface area contributed by atoms with Crippen molar-refractivity contribution in [1.29, 1.82) is 0 Å². The van der Waals surface area contributed by atoms with Crippen molar-refractivity contribution in [2.45, 2.75) is 39.5 Å². The van der Waals surface area contributed by atoms with Crippen molar-refractivity contribution in [2.75, 3.05) is 19.6 Å². The third-order valence-corrected chi connectivity index (χ3v) is 5.33. The lowest BCUT2D eigenvalue weighted by molar-refractivity contribution is -0.142. The smallest absolute Gasteiger partial charge is 0.307 e. The largest absolute Gasteiger partial charge is 0.481 e. The highest BCUT2D eigenvalue weighted by atomic mass is 32.2. The standard InChI is InChI=1S/C12H24N2O4S/c1-3-10(4-2)8-13-19(17,18)14-7-5-6-11(9-14)12(15)16/h10-11,13H,3-9H2,1-2H3,(H,15,16). The van der Waals surface area contributed by atoms with Gasteiger partial charge in [-0.25, -0.2) is 4.72 Å². The quantitative estimate of drug-likeness (QED) is 0.734. The fourth-order valence-electron chi connectivity index (χ4n) is 2.25. The van der Waals surface area contributed by atoms with E-state index in [1.165, 1.54) is 4.31 Å². The highest BCUT2D eigenvalue weighted by Gasteiger charge is 2.32. The van der Waals surface area contributed by atoms with E-state index in [0.29, 0.717) is 31.8 Å². The summed E-state index contributed by atoms with van der Waals surface area (Å²) in [4.78, 5) is 10.9. The Balaban J connectivity index is 2.59. The van der Waals surface area contributed by atoms with Crippen LogP contribution in [0.5, 0.6) is 0 Å². The average molecular weight is 292 g/mol. The Morgan fingerprint density at radius 3 is 2.58 bits per heavy atom. The minimum absolute atomic E-state index is 0.0770. The van der Waals surface area contributed by atoms with Gasteiger partial charge in [-0.3, -0.25) is 4.79 Å². The van der Waals surface area contributed by atoms with Crippen LogP contribution in [0.15, 0.2) is 0 Å². The maximum Gasteiger partial charge on any atom is 0.307 e. The second-order valence-electron chi connectivity index (χ2n) is 5.07. The third-order valence-electron chi connectivity index (χ3n) is 3.78. The Hall–Kier alpha value is -0.660. The molecule has 7 heteroatoms. The molecular formula is C12H24N2O4S. The summed E-state index contributed by atoms with van der Waals surface area (Å²) in [6.07, 6.45) is 3.00. The molecule has 1 atom stereocenters. The zero-order chi connectivity index (χ0) is 14.5. The van der Waals surface area contributed by atoms with Gasteiger partial charge in [0.2, 0.25) is 0 Å². The van der Waals surface area contributed by atoms with Gasteiger partial charge in [0.25, 0.3) is 10.2 Å². The molecule has 0 amide bonds. The second kappa shape index (κ2) is 7.21. The Morgan fingerprint density at radius 2 is 2.05 bits per heavy atom. The van der Waals surface area contributed by atoms with Crippen molar-refractivity contribution < 1.29 is 18.3 Å². The molecule has 0 aromatic heterocycles. The Bertz CT molecular complexity index is 393. The first kappa shape index (κ1) is 16.4. The lowest BCUT2D eigenvalue weighted by atomic mass is 10.0. The van der Waals surface area contributed by atoms with Gasteiger partial charge >= 0.3 is 5.97 Å². The SMILES string of the molecule is CCC(CC)CNS(=O)(=O)N1CCCC(C(=O)O)C1. The van der Waals surface area contributed by atoms with Gasteiger partial charge in [-0.15, -0.1) is 0 Å². The van der Waals surface area contributed by atoms with E-state index in [2.05, 4.69) is 4.72 Å². The maximum absolute atomic E-state index is 12.1. The fourth-order valence-corrected chi connectivity index (χ4v) is 3.63. The maximum atomic E-state index is 12.1. The molecular weight excluding hydrogens is 268 g/mol. The molecule has 0 aromatic carbocycles. The van der Waals surface area contributed by atoms with E-state index >= 15 is 0 Å². The summed E-state index contributed by atoms with van der Waals surface area (Å²) in [5.74, 6) is -1.17. The summed E-state index contributed by atoms with van der Waals surface area (Å²) in [5, 5.41) is 8.97. The van der Waals surface area contributed by atoms with Crippen LogP contribution in [0.4, 0.5) is 0 Å². The first-order valence-corrected chi connectivity index (χ1v) is 8.32. The van der Waals surface area contributed by atoms with Crippen LogP contribution in [0.2, 0.25) is 0 Å². The number of piperidine rings is 1. The molecule has 0 bridgehead atoms. The molecule has 0 saturated carbocycles. The van der Waals surface area contributed by atoms with Crippen LogP contribution in [-0.4, -0.2) is 43.4 Å². The fraction of sp³-hybridized carbons (Fsp3) is 0.917. The monoisotopic (exact) mass is 292 g/mol. The molecule has 1 fully saturated rings. The van der Waals surface area contributed by atoms with Crippen molar-refractivity contribution in [3.8, 4) is 0 Å². The number of nitrogens with one attached hydrogen (secondary N) is 1. The van der Waals surface area contributed by atoms with Crippen molar-refractivity contribution >= 4 is 16.2 Å². The van der Waals surface area contributed by atoms with E-state index in [1.807, 2.05) is 13.8 Å². The molecule has 1 aliphatic heterocycles. The molecule has 0 aromatic rings. The Morgan fingerprint density at radius 1 is 1.42 bits per heavy atom. The summed E-state index contributed by atoms with van der Waals surface area (Å²) in [5.41, 5.74) is 0. The van der Waals surface area contributed by atoms with Gasteiger partial charge < -0.3 is 5.11 Å². The van der Waals surface area contributed by atoms with Crippen LogP contribution in [-0.2, 0) is 15.0 Å². The van der Waals surface area contributed by atoms with E-state index in [4.69, 9.17) is 5.11 Å². The summed E-state index contributed by atoms with van der Waals surface area (Å²) in [6.45, 7) is 4.97. The van der Waals surface area contributed by atoms with Crippen LogP contribution in [0.3, 0.4) is 0 Å². The molecule has 0 radical (unpaired) electrons. The highest BCUT2D eigenvalue weighted by Crippen LogP contribution is 2.19. The molecule has 19 heavy (non-hydrogen) atoms. The van der Waals surface area contributed by atoms with E-state index in [9.17, 15) is 13.2 Å². The van der Waals surface area contributed by atoms with Gasteiger partial charge in [0.05, 0.1) is 5.92 Å². The third kappa shape index (κ3) is 4.74. The summed E-state index contributed by atoms with van der Waals surface area (Å²) < 4.78 is 28.1. The number of hydrogen-bond donors (Lipinski definition) is 2. The Kier molecular flexibility index (Phi) is 6.22. The molecule has 1 aliphatic rings. The van der Waals surface area contributed by atoms with Crippen LogP contribution in [0.25, 0.3) is 0 Å². The molecule has 1 unspecified atom stereocenters. The molecule has 112 valence electrons. The van der Waals surface area contributed by atoms with Crippen molar-refractivity contribution in [2.24, 2.45) is 11.8 Å². The molecule has 0 spiro atoms. The molecule has 6 nitrogen and oxygen atoms in total. The summed E-state index contributed by atoms with van der Waals surface area (Å²) in [6, 6.07) is 0. The van der Waals surface area contributed by atoms with Crippen molar-refractivity contribution in [3.63, 3.8) is 0 Å². The number of rotatable bonds is 7.